The van der Waals surface area contributed by atoms with Gasteiger partial charge in [0.25, 0.3) is 0 Å². The second kappa shape index (κ2) is 5.22. The maximum absolute atomic E-state index is 12.7. The molecule has 2 unspecified atom stereocenters. The molecule has 0 aromatic carbocycles. The van der Waals surface area contributed by atoms with Crippen molar-refractivity contribution in [2.24, 2.45) is 0 Å². The van der Waals surface area contributed by atoms with Gasteiger partial charge in [-0.1, -0.05) is 0 Å². The number of likely N-dealkylation sites (N-methyl/N-ethyl adjacent to an activating group) is 1. The molecule has 1 fully saturated rings. The summed E-state index contributed by atoms with van der Waals surface area (Å²) in [5, 5.41) is 8.55. The van der Waals surface area contributed by atoms with Gasteiger partial charge in [-0.2, -0.15) is 13.2 Å². The van der Waals surface area contributed by atoms with Crippen molar-refractivity contribution in [3.05, 3.63) is 0 Å². The van der Waals surface area contributed by atoms with E-state index in [4.69, 9.17) is 5.11 Å². The molecule has 1 aliphatic rings. The van der Waals surface area contributed by atoms with E-state index in [1.54, 1.807) is 0 Å². The molecule has 100 valence electrons. The Balaban J connectivity index is 2.69. The summed E-state index contributed by atoms with van der Waals surface area (Å²) in [7, 11) is 3.63. The number of hydrogen-bond donors (Lipinski definition) is 1. The Labute approximate surface area is 98.0 Å². The van der Waals surface area contributed by atoms with Crippen LogP contribution < -0.4 is 0 Å². The molecule has 0 saturated carbocycles. The largest absolute Gasteiger partial charge is 0.481 e. The van der Waals surface area contributed by atoms with Crippen LogP contribution in [0.25, 0.3) is 0 Å². The first kappa shape index (κ1) is 14.2. The van der Waals surface area contributed by atoms with Crippen molar-refractivity contribution in [1.82, 2.24) is 9.80 Å². The van der Waals surface area contributed by atoms with Gasteiger partial charge in [0.05, 0.1) is 6.42 Å². The smallest absolute Gasteiger partial charge is 0.404 e. The van der Waals surface area contributed by atoms with Crippen molar-refractivity contribution < 1.29 is 23.1 Å². The predicted octanol–water partition coefficient (Wildman–Crippen LogP) is 1.03. The van der Waals surface area contributed by atoms with Gasteiger partial charge in [-0.05, 0) is 20.5 Å². The van der Waals surface area contributed by atoms with E-state index in [2.05, 4.69) is 0 Å². The van der Waals surface area contributed by atoms with Crippen LogP contribution in [0.4, 0.5) is 13.2 Å². The highest BCUT2D eigenvalue weighted by Gasteiger charge is 2.46. The first-order valence-electron chi connectivity index (χ1n) is 5.40. The molecule has 4 nitrogen and oxygen atoms in total. The number of nitrogens with zero attached hydrogens (tertiary/aromatic N) is 2. The van der Waals surface area contributed by atoms with Gasteiger partial charge in [-0.25, -0.2) is 0 Å². The molecule has 1 heterocycles. The molecule has 1 N–H and O–H groups in total. The number of carboxylic acid groups (broad SMARTS) is 1. The molecule has 17 heavy (non-hydrogen) atoms. The number of carbonyl (C=O) groups is 1. The van der Waals surface area contributed by atoms with E-state index >= 15 is 0 Å². The third-order valence-electron chi connectivity index (χ3n) is 3.11. The van der Waals surface area contributed by atoms with Crippen molar-refractivity contribution in [3.8, 4) is 0 Å². The zero-order valence-electron chi connectivity index (χ0n) is 9.87. The van der Waals surface area contributed by atoms with Crippen molar-refractivity contribution in [1.29, 1.82) is 0 Å². The average molecular weight is 254 g/mol. The lowest BCUT2D eigenvalue weighted by atomic mass is 10.1. The third-order valence-corrected chi connectivity index (χ3v) is 3.11. The van der Waals surface area contributed by atoms with Gasteiger partial charge in [0.15, 0.2) is 0 Å². The number of halogens is 3. The summed E-state index contributed by atoms with van der Waals surface area (Å²) in [6, 6.07) is -1.81. The van der Waals surface area contributed by atoms with Gasteiger partial charge < -0.3 is 10.0 Å². The van der Waals surface area contributed by atoms with Crippen LogP contribution in [0.1, 0.15) is 12.8 Å². The molecule has 1 rings (SSSR count). The summed E-state index contributed by atoms with van der Waals surface area (Å²) in [5.41, 5.74) is 0. The average Bonchev–Trinajstić information content (AvgIpc) is 2.60. The minimum absolute atomic E-state index is 0.0636. The normalized spacial score (nSPS) is 24.2. The van der Waals surface area contributed by atoms with Crippen molar-refractivity contribution in [2.75, 3.05) is 27.2 Å². The molecule has 1 saturated heterocycles. The van der Waals surface area contributed by atoms with E-state index in [0.29, 0.717) is 13.0 Å². The standard InChI is InChI=1S/C10H17F3N2O2/c1-14(2)7-3-4-15(6-7)8(5-9(16)17)10(11,12)13/h7-8H,3-6H2,1-2H3,(H,16,17). The quantitative estimate of drug-likeness (QED) is 0.813. The molecule has 0 aromatic heterocycles. The lowest BCUT2D eigenvalue weighted by molar-refractivity contribution is -0.188. The van der Waals surface area contributed by atoms with Crippen molar-refractivity contribution in [2.45, 2.75) is 31.1 Å². The molecule has 0 aromatic rings. The van der Waals surface area contributed by atoms with Gasteiger partial charge >= 0.3 is 12.1 Å². The fourth-order valence-electron chi connectivity index (χ4n) is 2.09. The predicted molar refractivity (Wildman–Crippen MR) is 55.8 cm³/mol. The van der Waals surface area contributed by atoms with E-state index in [0.717, 1.165) is 0 Å². The number of alkyl halides is 3. The Hall–Kier alpha value is -0.820. The third kappa shape index (κ3) is 3.85. The number of rotatable bonds is 4. The van der Waals surface area contributed by atoms with Crippen LogP contribution in [0.3, 0.4) is 0 Å². The van der Waals surface area contributed by atoms with Gasteiger partial charge in [0.2, 0.25) is 0 Å². The maximum atomic E-state index is 12.7. The van der Waals surface area contributed by atoms with Crippen LogP contribution in [0.2, 0.25) is 0 Å². The maximum Gasteiger partial charge on any atom is 0.404 e. The van der Waals surface area contributed by atoms with E-state index in [1.807, 2.05) is 19.0 Å². The monoisotopic (exact) mass is 254 g/mol. The second-order valence-corrected chi connectivity index (χ2v) is 4.56. The van der Waals surface area contributed by atoms with Crippen molar-refractivity contribution >= 4 is 5.97 Å². The van der Waals surface area contributed by atoms with Crippen molar-refractivity contribution in [3.63, 3.8) is 0 Å². The Kier molecular flexibility index (Phi) is 4.37. The molecule has 0 spiro atoms. The van der Waals surface area contributed by atoms with E-state index in [-0.39, 0.29) is 12.6 Å². The molecule has 0 amide bonds. The summed E-state index contributed by atoms with van der Waals surface area (Å²) in [6.07, 6.45) is -4.73. The zero-order chi connectivity index (χ0) is 13.2. The Morgan fingerprint density at radius 2 is 2.12 bits per heavy atom. The molecule has 0 aliphatic carbocycles. The molecular formula is C10H17F3N2O2. The minimum Gasteiger partial charge on any atom is -0.481 e. The number of carboxylic acids is 1. The highest BCUT2D eigenvalue weighted by atomic mass is 19.4. The number of hydrogen-bond acceptors (Lipinski definition) is 3. The van der Waals surface area contributed by atoms with E-state index < -0.39 is 24.6 Å². The molecule has 1 aliphatic heterocycles. The van der Waals surface area contributed by atoms with Gasteiger partial charge in [0.1, 0.15) is 6.04 Å². The Morgan fingerprint density at radius 3 is 2.47 bits per heavy atom. The summed E-state index contributed by atoms with van der Waals surface area (Å²) in [6.45, 7) is 0.560. The Bertz CT molecular complexity index is 281. The minimum atomic E-state index is -4.49. The Morgan fingerprint density at radius 1 is 1.53 bits per heavy atom. The summed E-state index contributed by atoms with van der Waals surface area (Å²) in [4.78, 5) is 13.6. The van der Waals surface area contributed by atoms with Gasteiger partial charge in [0, 0.05) is 19.1 Å². The van der Waals surface area contributed by atoms with Crippen LogP contribution in [-0.2, 0) is 4.79 Å². The molecule has 0 bridgehead atoms. The lowest BCUT2D eigenvalue weighted by Gasteiger charge is -2.29. The fourth-order valence-corrected chi connectivity index (χ4v) is 2.09. The molecule has 0 radical (unpaired) electrons. The lowest BCUT2D eigenvalue weighted by Crippen LogP contribution is -2.47. The van der Waals surface area contributed by atoms with Crippen LogP contribution in [0.5, 0.6) is 0 Å². The van der Waals surface area contributed by atoms with E-state index in [1.165, 1.54) is 4.90 Å². The summed E-state index contributed by atoms with van der Waals surface area (Å²) < 4.78 is 38.2. The SMILES string of the molecule is CN(C)C1CCN(C(CC(=O)O)C(F)(F)F)C1. The molecule has 7 heteroatoms. The molecule has 2 atom stereocenters. The summed E-state index contributed by atoms with van der Waals surface area (Å²) >= 11 is 0. The molecular weight excluding hydrogens is 237 g/mol. The van der Waals surface area contributed by atoms with Crippen LogP contribution in [-0.4, -0.2) is 66.3 Å². The highest BCUT2D eigenvalue weighted by Crippen LogP contribution is 2.30. The van der Waals surface area contributed by atoms with Gasteiger partial charge in [-0.15, -0.1) is 0 Å². The van der Waals surface area contributed by atoms with Crippen LogP contribution in [0, 0.1) is 0 Å². The summed E-state index contributed by atoms with van der Waals surface area (Å²) in [5.74, 6) is -1.42. The zero-order valence-corrected chi connectivity index (χ0v) is 9.87. The second-order valence-electron chi connectivity index (χ2n) is 4.56. The van der Waals surface area contributed by atoms with Crippen LogP contribution >= 0.6 is 0 Å². The van der Waals surface area contributed by atoms with Gasteiger partial charge in [-0.3, -0.25) is 9.69 Å². The topological polar surface area (TPSA) is 43.8 Å². The first-order valence-corrected chi connectivity index (χ1v) is 5.40. The van der Waals surface area contributed by atoms with E-state index in [9.17, 15) is 18.0 Å². The highest BCUT2D eigenvalue weighted by molar-refractivity contribution is 5.67. The first-order chi connectivity index (χ1) is 7.71. The van der Waals surface area contributed by atoms with Crippen LogP contribution in [0.15, 0.2) is 0 Å². The number of aliphatic carboxylic acids is 1. The number of likely N-dealkylation sites (tertiary alicyclic amines) is 1. The fraction of sp³-hybridized carbons (Fsp3) is 0.900.